The van der Waals surface area contributed by atoms with Crippen LogP contribution in [0.5, 0.6) is 0 Å². The Hall–Kier alpha value is -2.57. The normalized spacial score (nSPS) is 39.9. The van der Waals surface area contributed by atoms with E-state index in [2.05, 4.69) is 0 Å². The third-order valence-corrected chi connectivity index (χ3v) is 12.4. The lowest BCUT2D eigenvalue weighted by atomic mass is 9.43. The molecule has 3 fully saturated rings. The third-order valence-electron chi connectivity index (χ3n) is 11.4. The molecule has 1 saturated heterocycles. The minimum atomic E-state index is -2.23. The quantitative estimate of drug-likeness (QED) is 0.193. The molecule has 10 nitrogen and oxygen atoms in total. The van der Waals surface area contributed by atoms with Gasteiger partial charge in [-0.2, -0.15) is 0 Å². The molecule has 0 spiro atoms. The molecule has 254 valence electrons. The van der Waals surface area contributed by atoms with Gasteiger partial charge in [0.2, 0.25) is 0 Å². The first-order valence-corrected chi connectivity index (χ1v) is 19.7. The molecule has 2 saturated carbocycles. The molecule has 1 aromatic carbocycles. The van der Waals surface area contributed by atoms with Gasteiger partial charge in [-0.3, -0.25) is 9.59 Å². The summed E-state index contributed by atoms with van der Waals surface area (Å²) < 4.78 is 31.6. The summed E-state index contributed by atoms with van der Waals surface area (Å²) >= 11 is 0. The van der Waals surface area contributed by atoms with E-state index in [0.29, 0.717) is 12.0 Å². The van der Waals surface area contributed by atoms with Gasteiger partial charge >= 0.3 is 17.9 Å². The number of fused-ring (bicyclic) bond motifs is 5. The summed E-state index contributed by atoms with van der Waals surface area (Å²) in [5.41, 5.74) is -4.07. The minimum absolute atomic E-state index is 0.0143. The van der Waals surface area contributed by atoms with Crippen LogP contribution in [0.2, 0.25) is 19.6 Å². The molecular formula is C35H50O10Si. The van der Waals surface area contributed by atoms with Gasteiger partial charge in [-0.15, -0.1) is 0 Å². The Kier molecular flexibility index (Phi) is 8.72. The fourth-order valence-corrected chi connectivity index (χ4v) is 10.2. The lowest BCUT2D eigenvalue weighted by Crippen LogP contribution is -2.81. The molecule has 2 N–H and O–H groups in total. The molecule has 3 unspecified atom stereocenters. The second kappa shape index (κ2) is 11.5. The summed E-state index contributed by atoms with van der Waals surface area (Å²) in [6.45, 7) is 18.1. The first-order chi connectivity index (χ1) is 21.2. The molecule has 1 aliphatic heterocycles. The van der Waals surface area contributed by atoms with Gasteiger partial charge < -0.3 is 33.6 Å². The van der Waals surface area contributed by atoms with Crippen molar-refractivity contribution in [3.8, 4) is 0 Å². The summed E-state index contributed by atoms with van der Waals surface area (Å²) in [6.07, 6.45) is -4.55. The highest BCUT2D eigenvalue weighted by molar-refractivity contribution is 6.69. The topological polar surface area (TPSA) is 138 Å². The van der Waals surface area contributed by atoms with Crippen molar-refractivity contribution in [2.75, 3.05) is 6.61 Å². The van der Waals surface area contributed by atoms with Gasteiger partial charge in [0.25, 0.3) is 0 Å². The van der Waals surface area contributed by atoms with Gasteiger partial charge in [0.1, 0.15) is 30.0 Å². The van der Waals surface area contributed by atoms with Crippen LogP contribution >= 0.6 is 0 Å². The molecule has 0 radical (unpaired) electrons. The number of aliphatic hydroxyl groups excluding tert-OH is 1. The van der Waals surface area contributed by atoms with Gasteiger partial charge in [-0.1, -0.05) is 45.9 Å². The Labute approximate surface area is 272 Å². The van der Waals surface area contributed by atoms with Crippen LogP contribution in [0.4, 0.5) is 0 Å². The zero-order valence-corrected chi connectivity index (χ0v) is 29.7. The number of aliphatic hydroxyl groups is 2. The van der Waals surface area contributed by atoms with Crippen LogP contribution < -0.4 is 0 Å². The van der Waals surface area contributed by atoms with Crippen LogP contribution in [-0.2, 0) is 33.0 Å². The third kappa shape index (κ3) is 5.26. The molecule has 4 aliphatic rings. The van der Waals surface area contributed by atoms with Crippen LogP contribution in [0.1, 0.15) is 71.7 Å². The Morgan fingerprint density at radius 2 is 1.61 bits per heavy atom. The summed E-state index contributed by atoms with van der Waals surface area (Å²) in [6, 6.07) is 8.52. The van der Waals surface area contributed by atoms with Crippen molar-refractivity contribution >= 4 is 26.2 Å². The van der Waals surface area contributed by atoms with E-state index in [1.807, 2.05) is 54.3 Å². The Morgan fingerprint density at radius 1 is 0.978 bits per heavy atom. The first kappa shape index (κ1) is 34.8. The SMILES string of the molecule is CC(=O)O[C@@H]1[C@H](O)C2=C(C)C(O[Si](C)(C)C)C[C@@](O)(C(OC(=O)c3ccccc3)C3[C@@]1(C)[C@@H](C)C[C@H]1OC[C@@]31OC(C)=O)C2(C)C. The standard InChI is InChI=1S/C35H50O10Si/c1-19-16-25-34(18-41-25,44-22(4)37)28-30(43-31(39)23-14-12-11-13-15-23)35(40)17-24(45-46(8,9)10)20(2)26(32(35,5)6)27(38)29(33(19,28)7)42-21(3)36/h11-15,19,24-25,27-30,38,40H,16-18H2,1-10H3/t19-,24?,25+,27+,28?,29+,30?,33+,34-,35+/m0/s1. The highest BCUT2D eigenvalue weighted by atomic mass is 28.4. The zero-order chi connectivity index (χ0) is 34.2. The highest BCUT2D eigenvalue weighted by Crippen LogP contribution is 2.66. The molecule has 10 atom stereocenters. The molecule has 1 heterocycles. The molecule has 2 bridgehead atoms. The van der Waals surface area contributed by atoms with Crippen molar-refractivity contribution in [3.05, 3.63) is 47.0 Å². The number of hydrogen-bond donors (Lipinski definition) is 2. The molecule has 5 rings (SSSR count). The maximum atomic E-state index is 14.1. The number of rotatable bonds is 6. The number of esters is 3. The number of ether oxygens (including phenoxy) is 4. The van der Waals surface area contributed by atoms with Gasteiger partial charge in [0, 0.05) is 31.1 Å². The Bertz CT molecular complexity index is 1420. The zero-order valence-electron chi connectivity index (χ0n) is 28.7. The molecule has 11 heteroatoms. The van der Waals surface area contributed by atoms with Gasteiger partial charge in [-0.05, 0) is 62.2 Å². The van der Waals surface area contributed by atoms with Crippen molar-refractivity contribution in [2.24, 2.45) is 22.7 Å². The van der Waals surface area contributed by atoms with E-state index < -0.39 is 84.7 Å². The molecular weight excluding hydrogens is 608 g/mol. The maximum absolute atomic E-state index is 14.1. The fraction of sp³-hybridized carbons (Fsp3) is 0.686. The average Bonchev–Trinajstić information content (AvgIpc) is 2.93. The van der Waals surface area contributed by atoms with E-state index >= 15 is 0 Å². The lowest BCUT2D eigenvalue weighted by Gasteiger charge is -2.69. The maximum Gasteiger partial charge on any atom is 0.338 e. The van der Waals surface area contributed by atoms with Crippen molar-refractivity contribution in [1.29, 1.82) is 0 Å². The number of carbonyl (C=O) groups is 3. The van der Waals surface area contributed by atoms with Crippen molar-refractivity contribution in [2.45, 2.75) is 123 Å². The van der Waals surface area contributed by atoms with E-state index in [9.17, 15) is 24.6 Å². The van der Waals surface area contributed by atoms with E-state index in [1.54, 1.807) is 30.3 Å². The smallest absolute Gasteiger partial charge is 0.338 e. The largest absolute Gasteiger partial charge is 0.459 e. The fourth-order valence-electron chi connectivity index (χ4n) is 9.08. The van der Waals surface area contributed by atoms with Crippen LogP contribution in [-0.4, -0.2) is 84.8 Å². The van der Waals surface area contributed by atoms with E-state index in [-0.39, 0.29) is 24.5 Å². The number of carbonyl (C=O) groups excluding carboxylic acids is 3. The molecule has 0 aromatic heterocycles. The van der Waals surface area contributed by atoms with E-state index in [0.717, 1.165) is 5.57 Å². The summed E-state index contributed by atoms with van der Waals surface area (Å²) in [5, 5.41) is 25.9. The van der Waals surface area contributed by atoms with Crippen molar-refractivity contribution in [3.63, 3.8) is 0 Å². The van der Waals surface area contributed by atoms with Gasteiger partial charge in [0.05, 0.1) is 24.2 Å². The first-order valence-electron chi connectivity index (χ1n) is 16.2. The van der Waals surface area contributed by atoms with Gasteiger partial charge in [-0.25, -0.2) is 4.79 Å². The minimum Gasteiger partial charge on any atom is -0.459 e. The predicted molar refractivity (Wildman–Crippen MR) is 171 cm³/mol. The molecule has 46 heavy (non-hydrogen) atoms. The number of benzene rings is 1. The summed E-state index contributed by atoms with van der Waals surface area (Å²) in [7, 11) is -2.23. The van der Waals surface area contributed by atoms with E-state index in [1.165, 1.54) is 13.8 Å². The van der Waals surface area contributed by atoms with Crippen molar-refractivity contribution in [1.82, 2.24) is 0 Å². The Balaban J connectivity index is 1.86. The van der Waals surface area contributed by atoms with Crippen LogP contribution in [0.3, 0.4) is 0 Å². The monoisotopic (exact) mass is 658 g/mol. The number of hydrogen-bond acceptors (Lipinski definition) is 10. The molecule has 3 aliphatic carbocycles. The molecule has 0 amide bonds. The van der Waals surface area contributed by atoms with Gasteiger partial charge in [0.15, 0.2) is 13.9 Å². The highest BCUT2D eigenvalue weighted by Gasteiger charge is 2.77. The van der Waals surface area contributed by atoms with Crippen LogP contribution in [0.25, 0.3) is 0 Å². The van der Waals surface area contributed by atoms with E-state index in [4.69, 9.17) is 23.4 Å². The Morgan fingerprint density at radius 3 is 2.13 bits per heavy atom. The van der Waals surface area contributed by atoms with Crippen LogP contribution in [0, 0.1) is 22.7 Å². The lowest BCUT2D eigenvalue weighted by molar-refractivity contribution is -0.358. The van der Waals surface area contributed by atoms with Crippen LogP contribution in [0.15, 0.2) is 41.5 Å². The second-order valence-corrected chi connectivity index (χ2v) is 20.0. The summed E-state index contributed by atoms with van der Waals surface area (Å²) in [4.78, 5) is 39.8. The average molecular weight is 659 g/mol. The summed E-state index contributed by atoms with van der Waals surface area (Å²) in [5.74, 6) is -3.08. The molecule has 1 aromatic rings. The van der Waals surface area contributed by atoms with Crippen molar-refractivity contribution < 1.29 is 48.0 Å². The predicted octanol–water partition coefficient (Wildman–Crippen LogP) is 4.58. The second-order valence-electron chi connectivity index (χ2n) is 15.6.